The van der Waals surface area contributed by atoms with Crippen molar-refractivity contribution in [3.05, 3.63) is 57.8 Å². The van der Waals surface area contributed by atoms with Crippen LogP contribution in [0.1, 0.15) is 47.9 Å². The molecule has 1 saturated carbocycles. The zero-order valence-electron chi connectivity index (χ0n) is 18.8. The monoisotopic (exact) mass is 453 g/mol. The summed E-state index contributed by atoms with van der Waals surface area (Å²) in [7, 11) is 0. The average Bonchev–Trinajstić information content (AvgIpc) is 3.30. The first-order valence-electron chi connectivity index (χ1n) is 11.4. The van der Waals surface area contributed by atoms with Crippen LogP contribution in [-0.4, -0.2) is 46.3 Å². The van der Waals surface area contributed by atoms with Gasteiger partial charge < -0.3 is 10.2 Å². The van der Waals surface area contributed by atoms with Gasteiger partial charge in [0.05, 0.1) is 6.54 Å². The molecule has 2 heterocycles. The van der Waals surface area contributed by atoms with Gasteiger partial charge >= 0.3 is 6.03 Å². The van der Waals surface area contributed by atoms with Crippen LogP contribution in [0.25, 0.3) is 0 Å². The molecule has 0 bridgehead atoms. The lowest BCUT2D eigenvalue weighted by molar-refractivity contribution is -0.140. The van der Waals surface area contributed by atoms with Crippen LogP contribution >= 0.6 is 11.3 Å². The summed E-state index contributed by atoms with van der Waals surface area (Å²) in [5, 5.41) is 2.91. The number of carbonyl (C=O) groups is 3. The van der Waals surface area contributed by atoms with Crippen molar-refractivity contribution in [1.82, 2.24) is 15.1 Å². The summed E-state index contributed by atoms with van der Waals surface area (Å²) in [5.41, 5.74) is 0.335. The number of hydrogen-bond donors (Lipinski definition) is 1. The summed E-state index contributed by atoms with van der Waals surface area (Å²) in [6.45, 7) is 5.03. The number of nitrogens with zero attached hydrogens (tertiary/aromatic N) is 2. The Balaban J connectivity index is 1.46. The molecule has 0 atom stereocenters. The zero-order valence-corrected chi connectivity index (χ0v) is 19.6. The Morgan fingerprint density at radius 3 is 2.53 bits per heavy atom. The maximum Gasteiger partial charge on any atom is 0.325 e. The minimum atomic E-state index is -0.816. The van der Waals surface area contributed by atoms with E-state index in [2.05, 4.69) is 12.2 Å². The second kappa shape index (κ2) is 9.45. The predicted molar refractivity (Wildman–Crippen MR) is 125 cm³/mol. The molecule has 0 unspecified atom stereocenters. The van der Waals surface area contributed by atoms with Gasteiger partial charge in [-0.25, -0.2) is 4.79 Å². The summed E-state index contributed by atoms with van der Waals surface area (Å²) >= 11 is 1.66. The minimum Gasteiger partial charge on any atom is -0.336 e. The van der Waals surface area contributed by atoms with Crippen molar-refractivity contribution in [2.75, 3.05) is 13.1 Å². The van der Waals surface area contributed by atoms with Crippen LogP contribution in [-0.2, 0) is 22.6 Å². The highest BCUT2D eigenvalue weighted by molar-refractivity contribution is 7.11. The Morgan fingerprint density at radius 2 is 1.88 bits per heavy atom. The van der Waals surface area contributed by atoms with Crippen molar-refractivity contribution in [3.63, 3.8) is 0 Å². The molecule has 1 aliphatic heterocycles. The maximum atomic E-state index is 13.3. The van der Waals surface area contributed by atoms with Gasteiger partial charge in [0.25, 0.3) is 5.91 Å². The molecule has 1 aliphatic carbocycles. The molecule has 6 nitrogen and oxygen atoms in total. The van der Waals surface area contributed by atoms with Crippen LogP contribution in [0.3, 0.4) is 0 Å². The highest BCUT2D eigenvalue weighted by atomic mass is 32.1. The molecule has 1 aromatic carbocycles. The molecular weight excluding hydrogens is 422 g/mol. The smallest absolute Gasteiger partial charge is 0.325 e. The van der Waals surface area contributed by atoms with Crippen molar-refractivity contribution in [2.24, 2.45) is 5.92 Å². The molecule has 4 amide bonds. The molecule has 1 spiro atoms. The van der Waals surface area contributed by atoms with Gasteiger partial charge in [0.15, 0.2) is 0 Å². The second-order valence-electron chi connectivity index (χ2n) is 9.15. The van der Waals surface area contributed by atoms with Crippen molar-refractivity contribution < 1.29 is 14.4 Å². The molecular formula is C25H31N3O3S. The third kappa shape index (κ3) is 4.88. The fourth-order valence-electron chi connectivity index (χ4n) is 4.61. The third-order valence-corrected chi connectivity index (χ3v) is 7.66. The Bertz CT molecular complexity index is 979. The largest absolute Gasteiger partial charge is 0.336 e. The van der Waals surface area contributed by atoms with E-state index in [1.165, 1.54) is 4.88 Å². The van der Waals surface area contributed by atoms with Gasteiger partial charge in [0.1, 0.15) is 12.1 Å². The number of imide groups is 1. The molecule has 2 aliphatic rings. The van der Waals surface area contributed by atoms with Gasteiger partial charge in [-0.3, -0.25) is 14.5 Å². The first kappa shape index (κ1) is 22.5. The highest BCUT2D eigenvalue weighted by Crippen LogP contribution is 2.36. The van der Waals surface area contributed by atoms with E-state index in [1.807, 2.05) is 49.4 Å². The lowest BCUT2D eigenvalue weighted by Gasteiger charge is -2.33. The fraction of sp³-hybridized carbons (Fsp3) is 0.480. The molecule has 1 saturated heterocycles. The molecule has 0 radical (unpaired) electrons. The molecule has 4 rings (SSSR count). The van der Waals surface area contributed by atoms with Gasteiger partial charge in [-0.05, 0) is 62.6 Å². The molecule has 2 aromatic rings. The summed E-state index contributed by atoms with van der Waals surface area (Å²) < 4.78 is 0. The van der Waals surface area contributed by atoms with E-state index < -0.39 is 11.6 Å². The van der Waals surface area contributed by atoms with Crippen molar-refractivity contribution in [3.8, 4) is 0 Å². The number of carbonyl (C=O) groups excluding carboxylic acids is 3. The first-order chi connectivity index (χ1) is 15.4. The van der Waals surface area contributed by atoms with E-state index in [-0.39, 0.29) is 18.4 Å². The number of benzene rings is 1. The van der Waals surface area contributed by atoms with E-state index >= 15 is 0 Å². The molecule has 2 fully saturated rings. The van der Waals surface area contributed by atoms with Crippen LogP contribution in [0.15, 0.2) is 42.5 Å². The second-order valence-corrected chi connectivity index (χ2v) is 10.5. The molecule has 32 heavy (non-hydrogen) atoms. The SMILES string of the molecule is Cc1ccc(CN(CCc2ccccc2)C(=O)CN2C(=O)NC3(CCC(C)CC3)C2=O)s1. The van der Waals surface area contributed by atoms with Crippen molar-refractivity contribution in [2.45, 2.75) is 58.0 Å². The number of urea groups is 1. The Morgan fingerprint density at radius 1 is 1.16 bits per heavy atom. The van der Waals surface area contributed by atoms with Crippen LogP contribution in [0.4, 0.5) is 4.79 Å². The van der Waals surface area contributed by atoms with Crippen molar-refractivity contribution in [1.29, 1.82) is 0 Å². The van der Waals surface area contributed by atoms with Gasteiger partial charge in [-0.15, -0.1) is 11.3 Å². The lowest BCUT2D eigenvalue weighted by Crippen LogP contribution is -2.50. The van der Waals surface area contributed by atoms with Crippen LogP contribution in [0, 0.1) is 12.8 Å². The minimum absolute atomic E-state index is 0.197. The van der Waals surface area contributed by atoms with Gasteiger partial charge in [0, 0.05) is 16.3 Å². The quantitative estimate of drug-likeness (QED) is 0.641. The van der Waals surface area contributed by atoms with Gasteiger partial charge in [-0.2, -0.15) is 0 Å². The normalized spacial score (nSPS) is 22.9. The molecule has 1 aromatic heterocycles. The maximum absolute atomic E-state index is 13.3. The van der Waals surface area contributed by atoms with E-state index in [1.54, 1.807) is 16.2 Å². The highest BCUT2D eigenvalue weighted by Gasteiger charge is 2.52. The van der Waals surface area contributed by atoms with Gasteiger partial charge in [-0.1, -0.05) is 37.3 Å². The van der Waals surface area contributed by atoms with Crippen molar-refractivity contribution >= 4 is 29.2 Å². The van der Waals surface area contributed by atoms with Crippen LogP contribution in [0.5, 0.6) is 0 Å². The van der Waals surface area contributed by atoms with E-state index in [4.69, 9.17) is 0 Å². The van der Waals surface area contributed by atoms with Gasteiger partial charge in [0.2, 0.25) is 5.91 Å². The summed E-state index contributed by atoms with van der Waals surface area (Å²) in [4.78, 5) is 44.3. The topological polar surface area (TPSA) is 69.7 Å². The number of thiophene rings is 1. The van der Waals surface area contributed by atoms with E-state index in [0.29, 0.717) is 31.8 Å². The summed E-state index contributed by atoms with van der Waals surface area (Å²) in [6.07, 6.45) is 3.84. The Hall–Kier alpha value is -2.67. The number of hydrogen-bond acceptors (Lipinski definition) is 4. The molecule has 7 heteroatoms. The number of amides is 4. The fourth-order valence-corrected chi connectivity index (χ4v) is 5.51. The predicted octanol–water partition coefficient (Wildman–Crippen LogP) is 4.13. The van der Waals surface area contributed by atoms with E-state index in [9.17, 15) is 14.4 Å². The first-order valence-corrected chi connectivity index (χ1v) is 12.2. The third-order valence-electron chi connectivity index (χ3n) is 6.68. The lowest BCUT2D eigenvalue weighted by atomic mass is 9.77. The van der Waals surface area contributed by atoms with Crippen LogP contribution in [0.2, 0.25) is 0 Å². The number of aryl methyl sites for hydroxylation is 1. The summed E-state index contributed by atoms with van der Waals surface area (Å²) in [6, 6.07) is 13.7. The summed E-state index contributed by atoms with van der Waals surface area (Å²) in [5.74, 6) is 0.123. The Labute approximate surface area is 193 Å². The zero-order chi connectivity index (χ0) is 22.7. The number of rotatable bonds is 7. The standard InChI is InChI=1S/C25H31N3O3S/c1-18-10-13-25(14-11-18)23(30)28(24(31)26-25)17-22(29)27(16-21-9-8-19(2)32-21)15-12-20-6-4-3-5-7-20/h3-9,18H,10-17H2,1-2H3,(H,26,31). The average molecular weight is 454 g/mol. The Kier molecular flexibility index (Phi) is 6.65. The number of nitrogens with one attached hydrogen (secondary N) is 1. The molecule has 1 N–H and O–H groups in total. The van der Waals surface area contributed by atoms with E-state index in [0.717, 1.165) is 34.6 Å². The molecule has 170 valence electrons. The van der Waals surface area contributed by atoms with Crippen LogP contribution < -0.4 is 5.32 Å².